The highest BCUT2D eigenvalue weighted by molar-refractivity contribution is 6.28. The fourth-order valence-corrected chi connectivity index (χ4v) is 2.11. The zero-order valence-corrected chi connectivity index (χ0v) is 8.73. The van der Waals surface area contributed by atoms with E-state index in [1.165, 1.54) is 0 Å². The monoisotopic (exact) mass is 211 g/mol. The van der Waals surface area contributed by atoms with Gasteiger partial charge >= 0.3 is 0 Å². The molecular weight excluding hydrogens is 202 g/mol. The molecule has 0 unspecified atom stereocenters. The van der Waals surface area contributed by atoms with Crippen LogP contribution in [0, 0.1) is 0 Å². The van der Waals surface area contributed by atoms with Crippen molar-refractivity contribution >= 4 is 11.6 Å². The maximum Gasteiger partial charge on any atom is 0.196 e. The summed E-state index contributed by atoms with van der Waals surface area (Å²) in [6.07, 6.45) is 3.40. The van der Waals surface area contributed by atoms with Gasteiger partial charge in [0.2, 0.25) is 0 Å². The number of rotatable bonds is 0. The fourth-order valence-electron chi connectivity index (χ4n) is 2.11. The van der Waals surface area contributed by atoms with Crippen molar-refractivity contribution in [2.45, 2.75) is 0 Å². The van der Waals surface area contributed by atoms with Crippen molar-refractivity contribution in [3.63, 3.8) is 0 Å². The largest absolute Gasteiger partial charge is 0.356 e. The van der Waals surface area contributed by atoms with Crippen molar-refractivity contribution in [2.24, 2.45) is 7.05 Å². The highest BCUT2D eigenvalue weighted by atomic mass is 16.1. The van der Waals surface area contributed by atoms with E-state index in [1.807, 2.05) is 7.05 Å². The lowest BCUT2D eigenvalue weighted by atomic mass is 9.87. The molecule has 0 fully saturated rings. The summed E-state index contributed by atoms with van der Waals surface area (Å²) < 4.78 is 1.74. The molecule has 1 aromatic heterocycles. The van der Waals surface area contributed by atoms with E-state index >= 15 is 0 Å². The molecule has 0 bridgehead atoms. The van der Waals surface area contributed by atoms with Crippen LogP contribution in [0.3, 0.4) is 0 Å². The Morgan fingerprint density at radius 3 is 1.69 bits per heavy atom. The molecule has 1 aromatic carbocycles. The quantitative estimate of drug-likeness (QED) is 0.568. The van der Waals surface area contributed by atoms with E-state index in [4.69, 9.17) is 0 Å². The van der Waals surface area contributed by atoms with Gasteiger partial charge in [0, 0.05) is 30.6 Å². The van der Waals surface area contributed by atoms with Gasteiger partial charge in [-0.2, -0.15) is 0 Å². The molecule has 2 aromatic rings. The van der Waals surface area contributed by atoms with E-state index in [9.17, 15) is 9.59 Å². The van der Waals surface area contributed by atoms with Gasteiger partial charge in [-0.15, -0.1) is 0 Å². The number of fused-ring (bicyclic) bond motifs is 2. The Morgan fingerprint density at radius 2 is 1.25 bits per heavy atom. The molecule has 16 heavy (non-hydrogen) atoms. The maximum atomic E-state index is 12.1. The molecule has 0 radical (unpaired) electrons. The molecule has 0 N–H and O–H groups in total. The minimum Gasteiger partial charge on any atom is -0.356 e. The Balaban J connectivity index is 2.34. The minimum atomic E-state index is -0.0641. The van der Waals surface area contributed by atoms with Crippen LogP contribution in [0.4, 0.5) is 0 Å². The smallest absolute Gasteiger partial charge is 0.196 e. The van der Waals surface area contributed by atoms with Crippen LogP contribution in [-0.4, -0.2) is 16.1 Å². The van der Waals surface area contributed by atoms with E-state index in [0.717, 1.165) is 0 Å². The van der Waals surface area contributed by atoms with Crippen LogP contribution >= 0.6 is 0 Å². The number of carbonyl (C=O) groups is 2. The summed E-state index contributed by atoms with van der Waals surface area (Å²) in [7, 11) is 1.81. The van der Waals surface area contributed by atoms with E-state index in [-0.39, 0.29) is 11.6 Å². The van der Waals surface area contributed by atoms with Gasteiger partial charge < -0.3 is 4.57 Å². The van der Waals surface area contributed by atoms with Crippen LogP contribution in [0.2, 0.25) is 0 Å². The second kappa shape index (κ2) is 2.92. The molecule has 1 heterocycles. The summed E-state index contributed by atoms with van der Waals surface area (Å²) in [6, 6.07) is 6.95. The Labute approximate surface area is 92.3 Å². The number of ketones is 2. The van der Waals surface area contributed by atoms with Gasteiger partial charge in [-0.25, -0.2) is 0 Å². The number of carbonyl (C=O) groups excluding carboxylic acids is 2. The molecule has 0 atom stereocenters. The number of aromatic nitrogens is 1. The molecule has 3 rings (SSSR count). The van der Waals surface area contributed by atoms with E-state index in [1.54, 1.807) is 41.2 Å². The molecule has 0 spiro atoms. The first-order valence-electron chi connectivity index (χ1n) is 5.03. The number of hydrogen-bond donors (Lipinski definition) is 0. The lowest BCUT2D eigenvalue weighted by Crippen LogP contribution is -2.18. The lowest BCUT2D eigenvalue weighted by Gasteiger charge is -2.12. The first-order valence-corrected chi connectivity index (χ1v) is 5.03. The van der Waals surface area contributed by atoms with E-state index in [2.05, 4.69) is 0 Å². The molecule has 1 aliphatic rings. The molecule has 0 aliphatic heterocycles. The molecule has 0 amide bonds. The van der Waals surface area contributed by atoms with Crippen LogP contribution in [0.5, 0.6) is 0 Å². The van der Waals surface area contributed by atoms with Crippen molar-refractivity contribution < 1.29 is 9.59 Å². The Morgan fingerprint density at radius 1 is 0.812 bits per heavy atom. The number of benzene rings is 1. The topological polar surface area (TPSA) is 39.1 Å². The minimum absolute atomic E-state index is 0.0641. The van der Waals surface area contributed by atoms with Gasteiger partial charge in [0.05, 0.1) is 11.1 Å². The second-order valence-electron chi connectivity index (χ2n) is 3.95. The summed E-state index contributed by atoms with van der Waals surface area (Å²) in [5.74, 6) is -0.128. The van der Waals surface area contributed by atoms with Crippen LogP contribution in [0.1, 0.15) is 31.8 Å². The average molecular weight is 211 g/mol. The molecule has 0 saturated carbocycles. The number of aryl methyl sites for hydroxylation is 1. The normalized spacial score (nSPS) is 13.6. The number of hydrogen-bond acceptors (Lipinski definition) is 2. The zero-order valence-electron chi connectivity index (χ0n) is 8.73. The third-order valence-electron chi connectivity index (χ3n) is 2.86. The van der Waals surface area contributed by atoms with Gasteiger partial charge in [-0.3, -0.25) is 9.59 Å². The van der Waals surface area contributed by atoms with Crippen molar-refractivity contribution in [1.82, 2.24) is 4.57 Å². The predicted molar refractivity (Wildman–Crippen MR) is 58.7 cm³/mol. The van der Waals surface area contributed by atoms with Crippen molar-refractivity contribution in [2.75, 3.05) is 0 Å². The Hall–Kier alpha value is -2.16. The maximum absolute atomic E-state index is 12.1. The Kier molecular flexibility index (Phi) is 1.66. The molecular formula is C13H9NO2. The third kappa shape index (κ3) is 1.03. The molecule has 3 heteroatoms. The van der Waals surface area contributed by atoms with Crippen LogP contribution in [0.15, 0.2) is 36.7 Å². The predicted octanol–water partition coefficient (Wildman–Crippen LogP) is 1.80. The van der Waals surface area contributed by atoms with Crippen LogP contribution < -0.4 is 0 Å². The highest BCUT2D eigenvalue weighted by Gasteiger charge is 2.30. The summed E-state index contributed by atoms with van der Waals surface area (Å²) in [5, 5.41) is 0. The van der Waals surface area contributed by atoms with E-state index < -0.39 is 0 Å². The number of nitrogens with zero attached hydrogens (tertiary/aromatic N) is 1. The first-order chi connectivity index (χ1) is 7.68. The van der Waals surface area contributed by atoms with Crippen molar-refractivity contribution in [3.8, 4) is 0 Å². The van der Waals surface area contributed by atoms with E-state index in [0.29, 0.717) is 22.3 Å². The van der Waals surface area contributed by atoms with Crippen molar-refractivity contribution in [1.29, 1.82) is 0 Å². The SMILES string of the molecule is Cn1cc2c(c1)C(=O)c1ccccc1C2=O. The summed E-state index contributed by atoms with van der Waals surface area (Å²) in [4.78, 5) is 24.2. The summed E-state index contributed by atoms with van der Waals surface area (Å²) >= 11 is 0. The zero-order chi connectivity index (χ0) is 11.3. The van der Waals surface area contributed by atoms with Gasteiger partial charge in [-0.1, -0.05) is 24.3 Å². The van der Waals surface area contributed by atoms with Crippen LogP contribution in [-0.2, 0) is 7.05 Å². The average Bonchev–Trinajstić information content (AvgIpc) is 2.68. The summed E-state index contributed by atoms with van der Waals surface area (Å²) in [6.45, 7) is 0. The summed E-state index contributed by atoms with van der Waals surface area (Å²) in [5.41, 5.74) is 2.02. The van der Waals surface area contributed by atoms with Gasteiger partial charge in [0.25, 0.3) is 0 Å². The molecule has 78 valence electrons. The van der Waals surface area contributed by atoms with Gasteiger partial charge in [0.1, 0.15) is 0 Å². The highest BCUT2D eigenvalue weighted by Crippen LogP contribution is 2.27. The van der Waals surface area contributed by atoms with Gasteiger partial charge in [-0.05, 0) is 0 Å². The Bertz CT molecular complexity index is 570. The fraction of sp³-hybridized carbons (Fsp3) is 0.0769. The van der Waals surface area contributed by atoms with Gasteiger partial charge in [0.15, 0.2) is 11.6 Å². The molecule has 3 nitrogen and oxygen atoms in total. The molecule has 1 aliphatic carbocycles. The standard InChI is InChI=1S/C13H9NO2/c1-14-6-10-11(7-14)13(16)9-5-3-2-4-8(9)12(10)15/h2-7H,1H3. The lowest BCUT2D eigenvalue weighted by molar-refractivity contribution is 0.0980. The second-order valence-corrected chi connectivity index (χ2v) is 3.95. The third-order valence-corrected chi connectivity index (χ3v) is 2.86. The van der Waals surface area contributed by atoms with Crippen LogP contribution in [0.25, 0.3) is 0 Å². The first kappa shape index (κ1) is 9.09. The van der Waals surface area contributed by atoms with Crippen molar-refractivity contribution in [3.05, 3.63) is 58.9 Å². The molecule has 0 saturated heterocycles.